The molecule has 10 nitrogen and oxygen atoms in total. The van der Waals surface area contributed by atoms with Crippen molar-refractivity contribution >= 4 is 30.4 Å². The van der Waals surface area contributed by atoms with E-state index in [0.717, 1.165) is 5.56 Å². The first-order valence-electron chi connectivity index (χ1n) is 8.90. The van der Waals surface area contributed by atoms with Crippen molar-refractivity contribution in [2.45, 2.75) is 51.6 Å². The lowest BCUT2D eigenvalue weighted by Crippen LogP contribution is -2.40. The van der Waals surface area contributed by atoms with Crippen LogP contribution in [0.15, 0.2) is 18.5 Å². The third kappa shape index (κ3) is 4.30. The number of carbonyl (C=O) groups excluding carboxylic acids is 1. The van der Waals surface area contributed by atoms with E-state index in [1.165, 1.54) is 4.90 Å². The van der Waals surface area contributed by atoms with Gasteiger partial charge in [0, 0.05) is 18.3 Å². The molecule has 0 spiro atoms. The maximum absolute atomic E-state index is 12.2. The highest BCUT2D eigenvalue weighted by Crippen LogP contribution is 2.37. The fourth-order valence-corrected chi connectivity index (χ4v) is 4.13. The highest BCUT2D eigenvalue weighted by atomic mass is 32.3. The van der Waals surface area contributed by atoms with Gasteiger partial charge in [0.05, 0.1) is 25.0 Å². The van der Waals surface area contributed by atoms with Gasteiger partial charge in [-0.1, -0.05) is 20.8 Å². The number of fused-ring (bicyclic) bond motifs is 2. The lowest BCUT2D eigenvalue weighted by molar-refractivity contribution is -0.0183. The van der Waals surface area contributed by atoms with Gasteiger partial charge in [-0.05, 0) is 24.2 Å². The number of carbonyl (C=O) groups is 1. The molecule has 1 fully saturated rings. The summed E-state index contributed by atoms with van der Waals surface area (Å²) in [5, 5.41) is 5.11. The maximum atomic E-state index is 12.2. The van der Waals surface area contributed by atoms with Crippen LogP contribution in [-0.4, -0.2) is 66.2 Å². The van der Waals surface area contributed by atoms with Crippen molar-refractivity contribution in [2.24, 2.45) is 0 Å². The van der Waals surface area contributed by atoms with Crippen LogP contribution < -0.4 is 0 Å². The molecule has 2 aliphatic rings. The maximum Gasteiger partial charge on any atom is 0.418 e. The van der Waals surface area contributed by atoms with Crippen molar-refractivity contribution in [1.29, 1.82) is 0 Å². The zero-order valence-corrected chi connectivity index (χ0v) is 18.4. The first kappa shape index (κ1) is 21.0. The molecule has 3 rings (SSSR count). The van der Waals surface area contributed by atoms with E-state index in [1.807, 2.05) is 6.20 Å². The Morgan fingerprint density at radius 1 is 1.36 bits per heavy atom. The summed E-state index contributed by atoms with van der Waals surface area (Å²) in [6.07, 6.45) is 5.26. The molecule has 0 radical (unpaired) electrons. The standard InChI is InChI=1S/C16H26N4O6SSi/c1-16(2,3)28(4,5)25-11-12-7-17-19(8-12)13-6-14-10-18(9-13)15(21)20(14)26-27(22,23)24/h6-8,14H,9-11H2,1-5H3,(H,22,23,24). The van der Waals surface area contributed by atoms with Gasteiger partial charge >= 0.3 is 16.4 Å². The second kappa shape index (κ2) is 6.95. The van der Waals surface area contributed by atoms with Gasteiger partial charge in [0.15, 0.2) is 8.32 Å². The summed E-state index contributed by atoms with van der Waals surface area (Å²) in [6.45, 7) is 11.9. The van der Waals surface area contributed by atoms with Crippen molar-refractivity contribution in [1.82, 2.24) is 19.7 Å². The van der Waals surface area contributed by atoms with Gasteiger partial charge in [-0.2, -0.15) is 18.6 Å². The number of nitrogens with zero attached hydrogens (tertiary/aromatic N) is 4. The minimum atomic E-state index is -4.78. The summed E-state index contributed by atoms with van der Waals surface area (Å²) in [6, 6.07) is -1.25. The molecule has 2 bridgehead atoms. The number of hydroxylamine groups is 2. The van der Waals surface area contributed by atoms with E-state index >= 15 is 0 Å². The molecule has 0 aromatic carbocycles. The monoisotopic (exact) mass is 430 g/mol. The van der Waals surface area contributed by atoms with Gasteiger partial charge in [0.1, 0.15) is 6.04 Å². The lowest BCUT2D eigenvalue weighted by atomic mass is 10.2. The highest BCUT2D eigenvalue weighted by molar-refractivity contribution is 7.80. The van der Waals surface area contributed by atoms with Crippen LogP contribution in [0, 0.1) is 0 Å². The van der Waals surface area contributed by atoms with Crippen molar-refractivity contribution < 1.29 is 26.5 Å². The quantitative estimate of drug-likeness (QED) is 0.543. The van der Waals surface area contributed by atoms with Crippen LogP contribution in [0.1, 0.15) is 26.3 Å². The Balaban J connectivity index is 1.72. The van der Waals surface area contributed by atoms with E-state index in [9.17, 15) is 13.2 Å². The predicted octanol–water partition coefficient (Wildman–Crippen LogP) is 2.10. The fourth-order valence-electron chi connectivity index (χ4n) is 2.79. The Labute approximate surface area is 165 Å². The molecule has 1 saturated heterocycles. The zero-order valence-electron chi connectivity index (χ0n) is 16.6. The van der Waals surface area contributed by atoms with Crippen LogP contribution in [0.3, 0.4) is 0 Å². The fraction of sp³-hybridized carbons (Fsp3) is 0.625. The molecule has 28 heavy (non-hydrogen) atoms. The molecule has 1 unspecified atom stereocenters. The Kier molecular flexibility index (Phi) is 5.21. The zero-order chi connectivity index (χ0) is 20.9. The van der Waals surface area contributed by atoms with Gasteiger partial charge < -0.3 is 9.33 Å². The van der Waals surface area contributed by atoms with Crippen molar-refractivity contribution in [3.05, 3.63) is 24.0 Å². The summed E-state index contributed by atoms with van der Waals surface area (Å²) < 4.78 is 43.1. The molecule has 2 amide bonds. The lowest BCUT2D eigenvalue weighted by Gasteiger charge is -2.36. The Morgan fingerprint density at radius 2 is 2.04 bits per heavy atom. The van der Waals surface area contributed by atoms with Crippen LogP contribution in [0.5, 0.6) is 0 Å². The minimum Gasteiger partial charge on any atom is -0.412 e. The van der Waals surface area contributed by atoms with Crippen molar-refractivity contribution in [3.63, 3.8) is 0 Å². The van der Waals surface area contributed by atoms with Gasteiger partial charge in [-0.25, -0.2) is 9.48 Å². The number of urea groups is 1. The molecular formula is C16H26N4O6SSi. The van der Waals surface area contributed by atoms with Crippen molar-refractivity contribution in [2.75, 3.05) is 13.1 Å². The Morgan fingerprint density at radius 3 is 2.64 bits per heavy atom. The first-order valence-corrected chi connectivity index (χ1v) is 13.2. The topological polar surface area (TPSA) is 114 Å². The van der Waals surface area contributed by atoms with E-state index in [4.69, 9.17) is 8.98 Å². The SMILES string of the molecule is CC(C)(C)[Si](C)(C)OCc1cnn(C2=CC3CN(C2)C(=O)N3OS(=O)(=O)O)c1. The number of hydrogen-bond donors (Lipinski definition) is 1. The first-order chi connectivity index (χ1) is 12.8. The van der Waals surface area contributed by atoms with Crippen LogP contribution in [0.2, 0.25) is 18.1 Å². The molecule has 1 aromatic rings. The average Bonchev–Trinajstić information content (AvgIpc) is 3.11. The highest BCUT2D eigenvalue weighted by Gasteiger charge is 2.43. The van der Waals surface area contributed by atoms with Crippen LogP contribution >= 0.6 is 0 Å². The van der Waals surface area contributed by atoms with Gasteiger partial charge in [0.25, 0.3) is 0 Å². The second-order valence-corrected chi connectivity index (χ2v) is 14.4. The number of amides is 2. The van der Waals surface area contributed by atoms with Gasteiger partial charge in [-0.15, -0.1) is 4.28 Å². The summed E-state index contributed by atoms with van der Waals surface area (Å²) in [7, 11) is -6.66. The van der Waals surface area contributed by atoms with E-state index < -0.39 is 30.8 Å². The summed E-state index contributed by atoms with van der Waals surface area (Å²) in [5.41, 5.74) is 1.63. The Bertz CT molecular complexity index is 904. The molecule has 1 atom stereocenters. The largest absolute Gasteiger partial charge is 0.418 e. The Hall–Kier alpha value is -1.73. The number of aromatic nitrogens is 2. The van der Waals surface area contributed by atoms with E-state index in [-0.39, 0.29) is 18.1 Å². The number of hydrogen-bond acceptors (Lipinski definition) is 6. The molecule has 1 N–H and O–H groups in total. The molecular weight excluding hydrogens is 404 g/mol. The average molecular weight is 431 g/mol. The predicted molar refractivity (Wildman–Crippen MR) is 104 cm³/mol. The van der Waals surface area contributed by atoms with Crippen LogP contribution in [0.25, 0.3) is 5.70 Å². The van der Waals surface area contributed by atoms with Gasteiger partial charge in [0.2, 0.25) is 0 Å². The molecule has 12 heteroatoms. The third-order valence-corrected chi connectivity index (χ3v) is 10.2. The molecule has 3 heterocycles. The number of rotatable bonds is 6. The van der Waals surface area contributed by atoms with E-state index in [0.29, 0.717) is 17.4 Å². The molecule has 2 aliphatic heterocycles. The van der Waals surface area contributed by atoms with E-state index in [1.54, 1.807) is 17.0 Å². The van der Waals surface area contributed by atoms with Crippen LogP contribution in [-0.2, 0) is 25.7 Å². The van der Waals surface area contributed by atoms with Crippen LogP contribution in [0.4, 0.5) is 4.79 Å². The second-order valence-electron chi connectivity index (χ2n) is 8.56. The summed E-state index contributed by atoms with van der Waals surface area (Å²) in [4.78, 5) is 13.7. The normalized spacial score (nSPS) is 20.7. The van der Waals surface area contributed by atoms with Crippen molar-refractivity contribution in [3.8, 4) is 0 Å². The molecule has 1 aromatic heterocycles. The molecule has 0 saturated carbocycles. The molecule has 0 aliphatic carbocycles. The summed E-state index contributed by atoms with van der Waals surface area (Å²) >= 11 is 0. The minimum absolute atomic E-state index is 0.109. The van der Waals surface area contributed by atoms with E-state index in [2.05, 4.69) is 43.2 Å². The summed E-state index contributed by atoms with van der Waals surface area (Å²) in [5.74, 6) is 0. The third-order valence-electron chi connectivity index (χ3n) is 5.42. The smallest absolute Gasteiger partial charge is 0.412 e. The molecule has 156 valence electrons. The van der Waals surface area contributed by atoms with Gasteiger partial charge in [-0.3, -0.25) is 4.55 Å².